The fourth-order valence-electron chi connectivity index (χ4n) is 5.61. The normalized spacial score (nSPS) is 29.4. The van der Waals surface area contributed by atoms with Gasteiger partial charge in [-0.2, -0.15) is 0 Å². The molecule has 2 saturated heterocycles. The molecule has 28 heavy (non-hydrogen) atoms. The van der Waals surface area contributed by atoms with Crippen molar-refractivity contribution in [2.75, 3.05) is 25.9 Å². The highest BCUT2D eigenvalue weighted by molar-refractivity contribution is 7.90. The van der Waals surface area contributed by atoms with Crippen LogP contribution < -0.4 is 0 Å². The average Bonchev–Trinajstić information content (AvgIpc) is 2.64. The van der Waals surface area contributed by atoms with Gasteiger partial charge in [0.25, 0.3) is 0 Å². The van der Waals surface area contributed by atoms with E-state index in [1.165, 1.54) is 18.2 Å². The second kappa shape index (κ2) is 6.48. The largest absolute Gasteiger partial charge is 0.325 e. The van der Waals surface area contributed by atoms with Crippen molar-refractivity contribution < 1.29 is 13.2 Å². The van der Waals surface area contributed by atoms with Crippen LogP contribution in [0.25, 0.3) is 0 Å². The van der Waals surface area contributed by atoms with Crippen LogP contribution in [0.2, 0.25) is 0 Å². The molecule has 4 rings (SSSR count). The summed E-state index contributed by atoms with van der Waals surface area (Å²) in [6.45, 7) is 9.24. The predicted molar refractivity (Wildman–Crippen MR) is 110 cm³/mol. The van der Waals surface area contributed by atoms with Crippen LogP contribution in [0.1, 0.15) is 57.6 Å². The third-order valence-corrected chi connectivity index (χ3v) is 8.98. The maximum absolute atomic E-state index is 13.3. The number of sulfone groups is 1. The van der Waals surface area contributed by atoms with Crippen molar-refractivity contribution in [3.63, 3.8) is 0 Å². The van der Waals surface area contributed by atoms with Crippen molar-refractivity contribution in [1.82, 2.24) is 9.80 Å². The number of carbonyl (C=O) groups excluding carboxylic acids is 1. The van der Waals surface area contributed by atoms with Gasteiger partial charge in [0.1, 0.15) is 0 Å². The average molecular weight is 405 g/mol. The van der Waals surface area contributed by atoms with Crippen molar-refractivity contribution in [1.29, 1.82) is 0 Å². The molecule has 2 bridgehead atoms. The topological polar surface area (TPSA) is 57.7 Å². The first-order valence-corrected chi connectivity index (χ1v) is 12.3. The molecule has 1 aliphatic carbocycles. The number of carbonyl (C=O) groups is 1. The molecule has 2 atom stereocenters. The molecule has 0 aromatic heterocycles. The van der Waals surface area contributed by atoms with Gasteiger partial charge in [-0.05, 0) is 60.8 Å². The minimum Gasteiger partial charge on any atom is -0.325 e. The minimum absolute atomic E-state index is 0.125. The molecule has 0 N–H and O–H groups in total. The van der Waals surface area contributed by atoms with Crippen LogP contribution in [-0.4, -0.2) is 56.2 Å². The van der Waals surface area contributed by atoms with Crippen LogP contribution >= 0.6 is 0 Å². The third kappa shape index (κ3) is 2.87. The molecule has 2 heterocycles. The van der Waals surface area contributed by atoms with Crippen molar-refractivity contribution in [2.24, 2.45) is 5.41 Å². The second-order valence-corrected chi connectivity index (χ2v) is 11.7. The number of benzene rings is 1. The molecule has 5 nitrogen and oxygen atoms in total. The van der Waals surface area contributed by atoms with Crippen molar-refractivity contribution in [3.05, 3.63) is 29.3 Å². The molecule has 1 aromatic carbocycles. The van der Waals surface area contributed by atoms with E-state index >= 15 is 0 Å². The lowest BCUT2D eigenvalue weighted by atomic mass is 9.51. The first-order chi connectivity index (χ1) is 13.1. The molecule has 2 fully saturated rings. The SMILES string of the molecule is CC1(C)[C@H]2Cc3ccc(S(C)(=O)=O)cc3[C@]1(C)CCN2C(=O)N1CCCCC1. The first kappa shape index (κ1) is 19.7. The summed E-state index contributed by atoms with van der Waals surface area (Å²) in [4.78, 5) is 17.9. The zero-order valence-electron chi connectivity index (χ0n) is 17.5. The summed E-state index contributed by atoms with van der Waals surface area (Å²) in [5.41, 5.74) is 2.07. The lowest BCUT2D eigenvalue weighted by Crippen LogP contribution is -2.66. The van der Waals surface area contributed by atoms with Gasteiger partial charge in [-0.25, -0.2) is 13.2 Å². The molecule has 0 spiro atoms. The summed E-state index contributed by atoms with van der Waals surface area (Å²) in [5, 5.41) is 0. The smallest absolute Gasteiger partial charge is 0.320 e. The van der Waals surface area contributed by atoms with Gasteiger partial charge < -0.3 is 9.80 Å². The molecule has 0 unspecified atom stereocenters. The Morgan fingerprint density at radius 1 is 1.07 bits per heavy atom. The summed E-state index contributed by atoms with van der Waals surface area (Å²) in [7, 11) is -3.24. The van der Waals surface area contributed by atoms with E-state index < -0.39 is 9.84 Å². The van der Waals surface area contributed by atoms with E-state index in [1.54, 1.807) is 6.07 Å². The number of fused-ring (bicyclic) bond motifs is 4. The Kier molecular flexibility index (Phi) is 4.57. The van der Waals surface area contributed by atoms with E-state index in [9.17, 15) is 13.2 Å². The van der Waals surface area contributed by atoms with Crippen LogP contribution in [-0.2, 0) is 21.7 Å². The Labute approximate surface area is 169 Å². The molecule has 3 aliphatic rings. The van der Waals surface area contributed by atoms with Gasteiger partial charge in [0.15, 0.2) is 9.84 Å². The zero-order chi connectivity index (χ0) is 20.3. The number of urea groups is 1. The molecule has 6 heteroatoms. The van der Waals surface area contributed by atoms with Crippen LogP contribution in [0.5, 0.6) is 0 Å². The molecule has 1 aromatic rings. The second-order valence-electron chi connectivity index (χ2n) is 9.64. The summed E-state index contributed by atoms with van der Waals surface area (Å²) in [5.74, 6) is 0. The lowest BCUT2D eigenvalue weighted by Gasteiger charge is -2.61. The molecular weight excluding hydrogens is 372 g/mol. The third-order valence-electron chi connectivity index (χ3n) is 7.87. The standard InChI is InChI=1S/C22H32N2O3S/c1-21(2)19-14-16-8-9-17(28(4,26)27)15-18(16)22(21,3)10-13-24(19)20(25)23-11-6-5-7-12-23/h8-9,15,19H,5-7,10-14H2,1-4H3/t19-,22+/m1/s1. The zero-order valence-corrected chi connectivity index (χ0v) is 18.3. The van der Waals surface area contributed by atoms with Crippen molar-refractivity contribution >= 4 is 15.9 Å². The number of likely N-dealkylation sites (tertiary alicyclic amines) is 2. The fraction of sp³-hybridized carbons (Fsp3) is 0.682. The minimum atomic E-state index is -3.24. The van der Waals surface area contributed by atoms with E-state index in [1.807, 2.05) is 17.0 Å². The number of nitrogens with zero attached hydrogens (tertiary/aromatic N) is 2. The summed E-state index contributed by atoms with van der Waals surface area (Å²) in [6, 6.07) is 5.92. The van der Waals surface area contributed by atoms with Gasteiger partial charge in [0, 0.05) is 37.3 Å². The van der Waals surface area contributed by atoms with Gasteiger partial charge >= 0.3 is 6.03 Å². The summed E-state index contributed by atoms with van der Waals surface area (Å²) in [6.07, 6.45) is 6.34. The van der Waals surface area contributed by atoms with Gasteiger partial charge in [-0.3, -0.25) is 0 Å². The quantitative estimate of drug-likeness (QED) is 0.718. The maximum Gasteiger partial charge on any atom is 0.320 e. The van der Waals surface area contributed by atoms with Crippen LogP contribution in [0.15, 0.2) is 23.1 Å². The predicted octanol–water partition coefficient (Wildman–Crippen LogP) is 3.61. The van der Waals surface area contributed by atoms with Gasteiger partial charge in [-0.15, -0.1) is 0 Å². The number of amides is 2. The maximum atomic E-state index is 13.3. The number of piperidine rings is 2. The van der Waals surface area contributed by atoms with Crippen molar-refractivity contribution in [2.45, 2.75) is 69.2 Å². The van der Waals surface area contributed by atoms with Crippen LogP contribution in [0, 0.1) is 5.41 Å². The van der Waals surface area contributed by atoms with E-state index in [0.29, 0.717) is 4.90 Å². The monoisotopic (exact) mass is 404 g/mol. The van der Waals surface area contributed by atoms with Gasteiger partial charge in [0.05, 0.1) is 4.90 Å². The Bertz CT molecular complexity index is 902. The Morgan fingerprint density at radius 2 is 1.75 bits per heavy atom. The van der Waals surface area contributed by atoms with E-state index in [-0.39, 0.29) is 22.9 Å². The Hall–Kier alpha value is -1.56. The van der Waals surface area contributed by atoms with Crippen molar-refractivity contribution in [3.8, 4) is 0 Å². The number of hydrogen-bond donors (Lipinski definition) is 0. The highest BCUT2D eigenvalue weighted by Gasteiger charge is 2.57. The first-order valence-electron chi connectivity index (χ1n) is 10.4. The van der Waals surface area contributed by atoms with E-state index in [2.05, 4.69) is 25.7 Å². The van der Waals surface area contributed by atoms with E-state index in [0.717, 1.165) is 50.9 Å². The molecule has 2 amide bonds. The molecule has 154 valence electrons. The Balaban J connectivity index is 1.73. The molecule has 0 radical (unpaired) electrons. The van der Waals surface area contributed by atoms with Crippen LogP contribution in [0.3, 0.4) is 0 Å². The highest BCUT2D eigenvalue weighted by Crippen LogP contribution is 2.56. The number of hydrogen-bond acceptors (Lipinski definition) is 3. The molecule has 0 saturated carbocycles. The number of rotatable bonds is 1. The molecule has 2 aliphatic heterocycles. The molecular formula is C22H32N2O3S. The van der Waals surface area contributed by atoms with E-state index in [4.69, 9.17) is 0 Å². The summed E-state index contributed by atoms with van der Waals surface area (Å²) >= 11 is 0. The van der Waals surface area contributed by atoms with Crippen LogP contribution in [0.4, 0.5) is 4.79 Å². The fourth-order valence-corrected chi connectivity index (χ4v) is 6.26. The highest BCUT2D eigenvalue weighted by atomic mass is 32.2. The van der Waals surface area contributed by atoms with Gasteiger partial charge in [0.2, 0.25) is 0 Å². The lowest BCUT2D eigenvalue weighted by molar-refractivity contribution is -0.0243. The van der Waals surface area contributed by atoms with Gasteiger partial charge in [-0.1, -0.05) is 26.8 Å². The Morgan fingerprint density at radius 3 is 2.39 bits per heavy atom. The summed E-state index contributed by atoms with van der Waals surface area (Å²) < 4.78 is 24.2.